The van der Waals surface area contributed by atoms with Crippen molar-refractivity contribution < 1.29 is 14.3 Å². The Morgan fingerprint density at radius 1 is 1.28 bits per heavy atom. The summed E-state index contributed by atoms with van der Waals surface area (Å²) in [5.74, 6) is -0.310. The Morgan fingerprint density at radius 3 is 2.56 bits per heavy atom. The van der Waals surface area contributed by atoms with Crippen LogP contribution >= 0.6 is 11.6 Å². The molecule has 18 heavy (non-hydrogen) atoms. The zero-order valence-corrected chi connectivity index (χ0v) is 11.4. The molecule has 1 aromatic rings. The van der Waals surface area contributed by atoms with Crippen LogP contribution in [0, 0.1) is 0 Å². The number of esters is 1. The summed E-state index contributed by atoms with van der Waals surface area (Å²) < 4.78 is 4.97. The van der Waals surface area contributed by atoms with Crippen molar-refractivity contribution in [2.24, 2.45) is 0 Å². The lowest BCUT2D eigenvalue weighted by atomic mass is 9.94. The third kappa shape index (κ3) is 3.33. The van der Waals surface area contributed by atoms with Crippen molar-refractivity contribution in [3.05, 3.63) is 34.9 Å². The lowest BCUT2D eigenvalue weighted by Crippen LogP contribution is -2.14. The van der Waals surface area contributed by atoms with E-state index >= 15 is 0 Å². The third-order valence-corrected chi connectivity index (χ3v) is 2.82. The highest BCUT2D eigenvalue weighted by Crippen LogP contribution is 2.19. The summed E-state index contributed by atoms with van der Waals surface area (Å²) in [5, 5.41) is 0. The predicted octanol–water partition coefficient (Wildman–Crippen LogP) is 3.24. The number of carbonyl (C=O) groups excluding carboxylic acids is 2. The van der Waals surface area contributed by atoms with E-state index in [1.807, 2.05) is 13.0 Å². The summed E-state index contributed by atoms with van der Waals surface area (Å²) in [7, 11) is 0. The molecule has 0 radical (unpaired) electrons. The molecule has 0 fully saturated rings. The van der Waals surface area contributed by atoms with Crippen LogP contribution in [0.25, 0.3) is 0 Å². The van der Waals surface area contributed by atoms with E-state index in [0.717, 1.165) is 5.56 Å². The number of aryl methyl sites for hydroxylation is 1. The Kier molecular flexibility index (Phi) is 5.86. The largest absolute Gasteiger partial charge is 0.462 e. The molecule has 0 bridgehead atoms. The first-order chi connectivity index (χ1) is 8.65. The predicted molar refractivity (Wildman–Crippen MR) is 71.4 cm³/mol. The van der Waals surface area contributed by atoms with Crippen molar-refractivity contribution in [1.29, 1.82) is 0 Å². The van der Waals surface area contributed by atoms with E-state index in [1.165, 1.54) is 0 Å². The number of benzene rings is 1. The molecule has 4 heteroatoms. The average Bonchev–Trinajstić information content (AvgIpc) is 2.38. The molecule has 0 aromatic heterocycles. The second-order valence-corrected chi connectivity index (χ2v) is 4.15. The standard InChI is InChI=1S/C14H17ClO3/c1-3-10-6-5-7-11(14(17)18-4-2)13(10)12(16)8-9-15/h5-7H,3-4,8-9H2,1-2H3. The van der Waals surface area contributed by atoms with E-state index in [9.17, 15) is 9.59 Å². The molecule has 1 aromatic carbocycles. The summed E-state index contributed by atoms with van der Waals surface area (Å²) in [6.45, 7) is 3.97. The van der Waals surface area contributed by atoms with Gasteiger partial charge in [-0.1, -0.05) is 19.1 Å². The average molecular weight is 269 g/mol. The van der Waals surface area contributed by atoms with Crippen LogP contribution in [-0.4, -0.2) is 24.2 Å². The molecule has 0 atom stereocenters. The van der Waals surface area contributed by atoms with Gasteiger partial charge in [0, 0.05) is 17.9 Å². The fourth-order valence-corrected chi connectivity index (χ4v) is 1.99. The summed E-state index contributed by atoms with van der Waals surface area (Å²) in [4.78, 5) is 23.9. The first kappa shape index (κ1) is 14.7. The molecule has 0 unspecified atom stereocenters. The van der Waals surface area contributed by atoms with Crippen molar-refractivity contribution in [3.8, 4) is 0 Å². The van der Waals surface area contributed by atoms with Gasteiger partial charge in [0.1, 0.15) is 0 Å². The van der Waals surface area contributed by atoms with Gasteiger partial charge in [-0.2, -0.15) is 0 Å². The molecule has 1 rings (SSSR count). The molecule has 0 aliphatic rings. The van der Waals surface area contributed by atoms with Gasteiger partial charge < -0.3 is 4.74 Å². The Labute approximate surface area is 112 Å². The normalized spacial score (nSPS) is 10.2. The van der Waals surface area contributed by atoms with Crippen molar-refractivity contribution in [2.45, 2.75) is 26.7 Å². The first-order valence-electron chi connectivity index (χ1n) is 6.03. The number of rotatable bonds is 6. The molecule has 0 heterocycles. The van der Waals surface area contributed by atoms with Gasteiger partial charge in [-0.05, 0) is 25.0 Å². The lowest BCUT2D eigenvalue weighted by Gasteiger charge is -2.11. The molecule has 3 nitrogen and oxygen atoms in total. The Bertz CT molecular complexity index is 441. The van der Waals surface area contributed by atoms with Crippen LogP contribution in [0.3, 0.4) is 0 Å². The molecule has 0 saturated heterocycles. The fourth-order valence-electron chi connectivity index (χ4n) is 1.81. The van der Waals surface area contributed by atoms with E-state index in [2.05, 4.69) is 0 Å². The zero-order valence-electron chi connectivity index (χ0n) is 10.7. The summed E-state index contributed by atoms with van der Waals surface area (Å²) >= 11 is 5.60. The number of halogens is 1. The van der Waals surface area contributed by atoms with Crippen molar-refractivity contribution in [2.75, 3.05) is 12.5 Å². The summed E-state index contributed by atoms with van der Waals surface area (Å²) in [6.07, 6.45) is 0.918. The van der Waals surface area contributed by atoms with Crippen molar-refractivity contribution >= 4 is 23.4 Å². The number of carbonyl (C=O) groups is 2. The lowest BCUT2D eigenvalue weighted by molar-refractivity contribution is 0.0523. The smallest absolute Gasteiger partial charge is 0.338 e. The SMILES string of the molecule is CCOC(=O)c1cccc(CC)c1C(=O)CCCl. The molecule has 0 amide bonds. The monoisotopic (exact) mass is 268 g/mol. The number of ether oxygens (including phenoxy) is 1. The summed E-state index contributed by atoms with van der Waals surface area (Å²) in [6, 6.07) is 5.24. The van der Waals surface area contributed by atoms with Gasteiger partial charge in [0.25, 0.3) is 0 Å². The van der Waals surface area contributed by atoms with Crippen LogP contribution in [-0.2, 0) is 11.2 Å². The maximum absolute atomic E-state index is 12.1. The molecule has 0 N–H and O–H groups in total. The highest BCUT2D eigenvalue weighted by molar-refractivity contribution is 6.20. The topological polar surface area (TPSA) is 43.4 Å². The highest BCUT2D eigenvalue weighted by atomic mass is 35.5. The van der Waals surface area contributed by atoms with Crippen LogP contribution in [0.4, 0.5) is 0 Å². The highest BCUT2D eigenvalue weighted by Gasteiger charge is 2.20. The van der Waals surface area contributed by atoms with Crippen molar-refractivity contribution in [3.63, 3.8) is 0 Å². The second-order valence-electron chi connectivity index (χ2n) is 3.78. The second kappa shape index (κ2) is 7.17. The maximum Gasteiger partial charge on any atom is 0.338 e. The van der Waals surface area contributed by atoms with Gasteiger partial charge in [0.15, 0.2) is 5.78 Å². The van der Waals surface area contributed by atoms with E-state index in [-0.39, 0.29) is 18.1 Å². The summed E-state index contributed by atoms with van der Waals surface area (Å²) in [5.41, 5.74) is 1.65. The van der Waals surface area contributed by atoms with E-state index in [4.69, 9.17) is 16.3 Å². The number of Topliss-reactive ketones (excluding diaryl/α,β-unsaturated/α-hetero) is 1. The van der Waals surface area contributed by atoms with E-state index in [1.54, 1.807) is 19.1 Å². The number of ketones is 1. The molecular weight excluding hydrogens is 252 g/mol. The van der Waals surface area contributed by atoms with Gasteiger partial charge in [0.05, 0.1) is 12.2 Å². The van der Waals surface area contributed by atoms with Crippen LogP contribution in [0.2, 0.25) is 0 Å². The van der Waals surface area contributed by atoms with Gasteiger partial charge >= 0.3 is 5.97 Å². The first-order valence-corrected chi connectivity index (χ1v) is 6.57. The molecule has 0 aliphatic carbocycles. The van der Waals surface area contributed by atoms with E-state index < -0.39 is 5.97 Å². The van der Waals surface area contributed by atoms with Crippen LogP contribution in [0.1, 0.15) is 46.5 Å². The third-order valence-electron chi connectivity index (χ3n) is 2.63. The minimum absolute atomic E-state index is 0.106. The van der Waals surface area contributed by atoms with Gasteiger partial charge in [0.2, 0.25) is 0 Å². The zero-order chi connectivity index (χ0) is 13.5. The molecule has 0 aliphatic heterocycles. The molecule has 0 saturated carbocycles. The molecule has 98 valence electrons. The van der Waals surface area contributed by atoms with Crippen LogP contribution in [0.5, 0.6) is 0 Å². The quantitative estimate of drug-likeness (QED) is 0.452. The minimum Gasteiger partial charge on any atom is -0.462 e. The number of hydrogen-bond donors (Lipinski definition) is 0. The maximum atomic E-state index is 12.1. The van der Waals surface area contributed by atoms with Gasteiger partial charge in [-0.15, -0.1) is 11.6 Å². The number of alkyl halides is 1. The molecule has 0 spiro atoms. The van der Waals surface area contributed by atoms with Crippen molar-refractivity contribution in [1.82, 2.24) is 0 Å². The van der Waals surface area contributed by atoms with Gasteiger partial charge in [-0.25, -0.2) is 4.79 Å². The van der Waals surface area contributed by atoms with Gasteiger partial charge in [-0.3, -0.25) is 4.79 Å². The van der Waals surface area contributed by atoms with E-state index in [0.29, 0.717) is 24.2 Å². The fraction of sp³-hybridized carbons (Fsp3) is 0.429. The van der Waals surface area contributed by atoms with Crippen LogP contribution in [0.15, 0.2) is 18.2 Å². The Hall–Kier alpha value is -1.35. The number of hydrogen-bond acceptors (Lipinski definition) is 3. The Morgan fingerprint density at radius 2 is 2.00 bits per heavy atom. The minimum atomic E-state index is -0.453. The van der Waals surface area contributed by atoms with Crippen LogP contribution < -0.4 is 0 Å². The Balaban J connectivity index is 3.24. The molecular formula is C14H17ClO3.